The third kappa shape index (κ3) is 2.28. The van der Waals surface area contributed by atoms with Gasteiger partial charge in [-0.2, -0.15) is 0 Å². The van der Waals surface area contributed by atoms with E-state index in [1.54, 1.807) is 18.0 Å². The van der Waals surface area contributed by atoms with Crippen molar-refractivity contribution in [1.82, 2.24) is 4.98 Å². The molecule has 0 saturated carbocycles. The van der Waals surface area contributed by atoms with Crippen molar-refractivity contribution in [1.29, 1.82) is 0 Å². The molecule has 84 valence electrons. The largest absolute Gasteiger partial charge is 0.397 e. The van der Waals surface area contributed by atoms with Gasteiger partial charge >= 0.3 is 0 Å². The van der Waals surface area contributed by atoms with Crippen molar-refractivity contribution in [2.24, 2.45) is 0 Å². The highest BCUT2D eigenvalue weighted by Crippen LogP contribution is 2.32. The summed E-state index contributed by atoms with van der Waals surface area (Å²) in [7, 11) is 0. The van der Waals surface area contributed by atoms with Gasteiger partial charge in [-0.1, -0.05) is 18.2 Å². The summed E-state index contributed by atoms with van der Waals surface area (Å²) in [4.78, 5) is 5.35. The highest BCUT2D eigenvalue weighted by atomic mass is 32.2. The van der Waals surface area contributed by atoms with E-state index >= 15 is 0 Å². The summed E-state index contributed by atoms with van der Waals surface area (Å²) in [6.07, 6.45) is 2.48. The summed E-state index contributed by atoms with van der Waals surface area (Å²) in [5.41, 5.74) is 7.59. The van der Waals surface area contributed by atoms with Crippen LogP contribution in [0.25, 0.3) is 10.9 Å². The molecular formula is C12H14N2OS. The number of benzene rings is 1. The molecule has 16 heavy (non-hydrogen) atoms. The normalized spacial score (nSPS) is 10.8. The standard InChI is InChI=1S/C12H14N2OS/c13-10-8-14-11-5-2-1-4-9(11)12(10)16-7-3-6-15/h1-2,4-5,8,15H,3,6-7,13H2. The van der Waals surface area contributed by atoms with E-state index in [1.165, 1.54) is 0 Å². The molecule has 0 saturated heterocycles. The predicted octanol–water partition coefficient (Wildman–Crippen LogP) is 2.29. The second kappa shape index (κ2) is 5.18. The van der Waals surface area contributed by atoms with Gasteiger partial charge in [0.15, 0.2) is 0 Å². The van der Waals surface area contributed by atoms with Crippen molar-refractivity contribution >= 4 is 28.4 Å². The lowest BCUT2D eigenvalue weighted by Crippen LogP contribution is -1.94. The number of hydrogen-bond acceptors (Lipinski definition) is 4. The smallest absolute Gasteiger partial charge is 0.0714 e. The molecule has 2 aromatic rings. The van der Waals surface area contributed by atoms with Crippen LogP contribution in [0.15, 0.2) is 35.4 Å². The van der Waals surface area contributed by atoms with E-state index in [0.717, 1.165) is 28.0 Å². The molecule has 0 spiro atoms. The maximum absolute atomic E-state index is 8.77. The maximum atomic E-state index is 8.77. The number of aliphatic hydroxyl groups excluding tert-OH is 1. The number of nitrogen functional groups attached to an aromatic ring is 1. The Kier molecular flexibility index (Phi) is 3.64. The number of rotatable bonds is 4. The molecule has 0 aliphatic carbocycles. The van der Waals surface area contributed by atoms with Crippen LogP contribution in [0.4, 0.5) is 5.69 Å². The second-order valence-electron chi connectivity index (χ2n) is 3.49. The van der Waals surface area contributed by atoms with E-state index < -0.39 is 0 Å². The quantitative estimate of drug-likeness (QED) is 0.629. The summed E-state index contributed by atoms with van der Waals surface area (Å²) >= 11 is 1.68. The Labute approximate surface area is 98.7 Å². The molecule has 0 aliphatic rings. The Morgan fingerprint density at radius 1 is 1.31 bits per heavy atom. The lowest BCUT2D eigenvalue weighted by molar-refractivity contribution is 0.296. The van der Waals surface area contributed by atoms with Crippen molar-refractivity contribution in [2.75, 3.05) is 18.1 Å². The molecule has 2 rings (SSSR count). The lowest BCUT2D eigenvalue weighted by atomic mass is 10.2. The molecule has 0 unspecified atom stereocenters. The number of nitrogens with zero attached hydrogens (tertiary/aromatic N) is 1. The first-order valence-corrected chi connectivity index (χ1v) is 6.18. The minimum atomic E-state index is 0.218. The van der Waals surface area contributed by atoms with Crippen LogP contribution in [0.2, 0.25) is 0 Å². The van der Waals surface area contributed by atoms with Crippen LogP contribution in [0.5, 0.6) is 0 Å². The predicted molar refractivity (Wildman–Crippen MR) is 68.6 cm³/mol. The van der Waals surface area contributed by atoms with Gasteiger partial charge in [-0.05, 0) is 12.5 Å². The van der Waals surface area contributed by atoms with Crippen LogP contribution in [0.1, 0.15) is 6.42 Å². The van der Waals surface area contributed by atoms with Crippen LogP contribution in [-0.4, -0.2) is 22.5 Å². The average molecular weight is 234 g/mol. The van der Waals surface area contributed by atoms with Gasteiger partial charge in [-0.3, -0.25) is 4.98 Å². The van der Waals surface area contributed by atoms with E-state index in [1.807, 2.05) is 24.3 Å². The van der Waals surface area contributed by atoms with Crippen molar-refractivity contribution in [3.05, 3.63) is 30.5 Å². The maximum Gasteiger partial charge on any atom is 0.0714 e. The summed E-state index contributed by atoms with van der Waals surface area (Å²) in [5, 5.41) is 9.86. The molecule has 0 fully saturated rings. The molecule has 1 aromatic carbocycles. The summed E-state index contributed by atoms with van der Waals surface area (Å²) in [6.45, 7) is 0.218. The van der Waals surface area contributed by atoms with Crippen LogP contribution in [-0.2, 0) is 0 Å². The molecule has 0 aliphatic heterocycles. The molecule has 0 atom stereocenters. The van der Waals surface area contributed by atoms with E-state index in [0.29, 0.717) is 5.69 Å². The fourth-order valence-electron chi connectivity index (χ4n) is 1.53. The Balaban J connectivity index is 2.37. The number of pyridine rings is 1. The fraction of sp³-hybridized carbons (Fsp3) is 0.250. The van der Waals surface area contributed by atoms with Gasteiger partial charge in [0.05, 0.1) is 17.4 Å². The zero-order valence-corrected chi connectivity index (χ0v) is 9.70. The van der Waals surface area contributed by atoms with E-state index in [2.05, 4.69) is 4.98 Å². The van der Waals surface area contributed by atoms with Crippen LogP contribution < -0.4 is 5.73 Å². The highest BCUT2D eigenvalue weighted by Gasteiger charge is 2.06. The van der Waals surface area contributed by atoms with Crippen molar-refractivity contribution in [2.45, 2.75) is 11.3 Å². The molecule has 1 heterocycles. The van der Waals surface area contributed by atoms with Gasteiger partial charge in [0, 0.05) is 22.6 Å². The first-order valence-electron chi connectivity index (χ1n) is 5.20. The number of para-hydroxylation sites is 1. The van der Waals surface area contributed by atoms with E-state index in [4.69, 9.17) is 10.8 Å². The van der Waals surface area contributed by atoms with Crippen molar-refractivity contribution in [3.63, 3.8) is 0 Å². The first-order chi connectivity index (χ1) is 7.83. The molecule has 1 aromatic heterocycles. The third-order valence-electron chi connectivity index (χ3n) is 2.30. The van der Waals surface area contributed by atoms with E-state index in [9.17, 15) is 0 Å². The first kappa shape index (κ1) is 11.2. The Morgan fingerprint density at radius 3 is 2.94 bits per heavy atom. The van der Waals surface area contributed by atoms with Gasteiger partial charge in [0.2, 0.25) is 0 Å². The Bertz CT molecular complexity index is 487. The molecule has 3 nitrogen and oxygen atoms in total. The Hall–Kier alpha value is -1.26. The third-order valence-corrected chi connectivity index (χ3v) is 3.54. The van der Waals surface area contributed by atoms with Crippen LogP contribution in [0, 0.1) is 0 Å². The van der Waals surface area contributed by atoms with E-state index in [-0.39, 0.29) is 6.61 Å². The zero-order chi connectivity index (χ0) is 11.4. The van der Waals surface area contributed by atoms with Crippen LogP contribution in [0.3, 0.4) is 0 Å². The summed E-state index contributed by atoms with van der Waals surface area (Å²) in [5.74, 6) is 0.870. The van der Waals surface area contributed by atoms with Gasteiger partial charge in [-0.25, -0.2) is 0 Å². The monoisotopic (exact) mass is 234 g/mol. The molecule has 3 N–H and O–H groups in total. The van der Waals surface area contributed by atoms with Gasteiger partial charge in [0.1, 0.15) is 0 Å². The zero-order valence-electron chi connectivity index (χ0n) is 8.89. The topological polar surface area (TPSA) is 59.1 Å². The fourth-order valence-corrected chi connectivity index (χ4v) is 2.56. The number of thioether (sulfide) groups is 1. The molecule has 4 heteroatoms. The molecule has 0 radical (unpaired) electrons. The number of hydrogen-bond donors (Lipinski definition) is 2. The van der Waals surface area contributed by atoms with Gasteiger partial charge in [0.25, 0.3) is 0 Å². The molecule has 0 amide bonds. The number of aliphatic hydroxyl groups is 1. The lowest BCUT2D eigenvalue weighted by Gasteiger charge is -2.08. The SMILES string of the molecule is Nc1cnc2ccccc2c1SCCCO. The number of aromatic nitrogens is 1. The van der Waals surface area contributed by atoms with Gasteiger partial charge < -0.3 is 10.8 Å². The van der Waals surface area contributed by atoms with Crippen molar-refractivity contribution in [3.8, 4) is 0 Å². The number of fused-ring (bicyclic) bond motifs is 1. The number of nitrogens with two attached hydrogens (primary N) is 1. The minimum Gasteiger partial charge on any atom is -0.397 e. The average Bonchev–Trinajstić information content (AvgIpc) is 2.32. The molecular weight excluding hydrogens is 220 g/mol. The Morgan fingerprint density at radius 2 is 2.12 bits per heavy atom. The summed E-state index contributed by atoms with van der Waals surface area (Å²) in [6, 6.07) is 7.96. The highest BCUT2D eigenvalue weighted by molar-refractivity contribution is 7.99. The molecule has 0 bridgehead atoms. The summed E-state index contributed by atoms with van der Waals surface area (Å²) < 4.78 is 0. The minimum absolute atomic E-state index is 0.218. The number of anilines is 1. The van der Waals surface area contributed by atoms with Crippen LogP contribution >= 0.6 is 11.8 Å². The second-order valence-corrected chi connectivity index (χ2v) is 4.59. The van der Waals surface area contributed by atoms with Crippen molar-refractivity contribution < 1.29 is 5.11 Å². The van der Waals surface area contributed by atoms with Gasteiger partial charge in [-0.15, -0.1) is 11.8 Å².